The fourth-order valence-electron chi connectivity index (χ4n) is 2.39. The fourth-order valence-corrected chi connectivity index (χ4v) is 2.39. The Hall–Kier alpha value is -2.72. The van der Waals surface area contributed by atoms with Gasteiger partial charge in [0.2, 0.25) is 0 Å². The molecule has 2 heterocycles. The maximum absolute atomic E-state index is 10.7. The lowest BCUT2D eigenvalue weighted by Crippen LogP contribution is -2.30. The summed E-state index contributed by atoms with van der Waals surface area (Å²) in [6, 6.07) is -1.22. The highest BCUT2D eigenvalue weighted by molar-refractivity contribution is 5.82. The van der Waals surface area contributed by atoms with Gasteiger partial charge in [-0.15, -0.1) is 0 Å². The lowest BCUT2D eigenvalue weighted by Gasteiger charge is -2.07. The third kappa shape index (κ3) is 7.03. The van der Waals surface area contributed by atoms with Crippen molar-refractivity contribution in [2.75, 3.05) is 13.1 Å². The number of rotatable bonds is 6. The van der Waals surface area contributed by atoms with E-state index in [9.17, 15) is 19.2 Å². The highest BCUT2D eigenvalue weighted by atomic mass is 16.5. The molecule has 26 heavy (non-hydrogen) atoms. The molecule has 144 valence electrons. The van der Waals surface area contributed by atoms with E-state index < -0.39 is 36.0 Å². The fraction of sp³-hybridized carbons (Fsp3) is 0.500. The average Bonchev–Trinajstić information content (AvgIpc) is 3.24. The van der Waals surface area contributed by atoms with Crippen LogP contribution in [0.15, 0.2) is 25.3 Å². The molecule has 0 radical (unpaired) electrons. The van der Waals surface area contributed by atoms with Crippen molar-refractivity contribution in [1.29, 1.82) is 0 Å². The summed E-state index contributed by atoms with van der Waals surface area (Å²) in [5.41, 5.74) is 0. The number of nitrogens with one attached hydrogen (secondary N) is 2. The second-order valence-electron chi connectivity index (χ2n) is 5.60. The minimum absolute atomic E-state index is 0.314. The molecule has 0 saturated carbocycles. The summed E-state index contributed by atoms with van der Waals surface area (Å²) < 4.78 is 9.72. The third-order valence-electron chi connectivity index (χ3n) is 3.68. The van der Waals surface area contributed by atoms with Crippen LogP contribution < -0.4 is 10.6 Å². The first kappa shape index (κ1) is 21.3. The molecule has 10 nitrogen and oxygen atoms in total. The number of carboxylic acids is 2. The standard InChI is InChI=1S/2C8H11NO4/c2*1-2-7(10)13-5-3-6(8(11)12)9-4-5/h2*2,5-6,9H,1,3-4H2,(H,11,12)/t5-,6+;5-,6-/m01/s1. The number of carboxylic acid groups (broad SMARTS) is 2. The van der Waals surface area contributed by atoms with Crippen LogP contribution in [0.3, 0.4) is 0 Å². The Kier molecular flexibility index (Phi) is 8.46. The van der Waals surface area contributed by atoms with Crippen LogP contribution in [-0.2, 0) is 28.7 Å². The van der Waals surface area contributed by atoms with Gasteiger partial charge in [-0.1, -0.05) is 13.2 Å². The summed E-state index contributed by atoms with van der Waals surface area (Å²) in [5.74, 6) is -2.87. The first-order valence-electron chi connectivity index (χ1n) is 7.85. The van der Waals surface area contributed by atoms with Crippen LogP contribution >= 0.6 is 0 Å². The highest BCUT2D eigenvalue weighted by Crippen LogP contribution is 2.11. The normalized spacial score (nSPS) is 26.8. The van der Waals surface area contributed by atoms with E-state index in [1.54, 1.807) is 0 Å². The van der Waals surface area contributed by atoms with Crippen molar-refractivity contribution in [3.63, 3.8) is 0 Å². The minimum atomic E-state index is -0.919. The first-order valence-corrected chi connectivity index (χ1v) is 7.85. The minimum Gasteiger partial charge on any atom is -0.480 e. The highest BCUT2D eigenvalue weighted by Gasteiger charge is 2.31. The van der Waals surface area contributed by atoms with Gasteiger partial charge in [0.1, 0.15) is 24.3 Å². The molecule has 2 saturated heterocycles. The molecule has 0 aromatic carbocycles. The molecule has 0 aliphatic carbocycles. The largest absolute Gasteiger partial charge is 0.480 e. The van der Waals surface area contributed by atoms with Gasteiger partial charge >= 0.3 is 23.9 Å². The number of ether oxygens (including phenoxy) is 2. The van der Waals surface area contributed by atoms with Crippen molar-refractivity contribution in [2.24, 2.45) is 0 Å². The molecule has 10 heteroatoms. The van der Waals surface area contributed by atoms with Gasteiger partial charge in [0, 0.05) is 38.1 Å². The Morgan fingerprint density at radius 2 is 1.15 bits per heavy atom. The van der Waals surface area contributed by atoms with Crippen molar-refractivity contribution in [3.05, 3.63) is 25.3 Å². The van der Waals surface area contributed by atoms with E-state index in [0.29, 0.717) is 25.9 Å². The second-order valence-corrected chi connectivity index (χ2v) is 5.60. The number of esters is 2. The Morgan fingerprint density at radius 1 is 0.808 bits per heavy atom. The summed E-state index contributed by atoms with van der Waals surface area (Å²) in [6.07, 6.45) is 2.05. The van der Waals surface area contributed by atoms with E-state index in [2.05, 4.69) is 23.8 Å². The number of hydrogen-bond acceptors (Lipinski definition) is 8. The maximum Gasteiger partial charge on any atom is 0.330 e. The molecule has 0 spiro atoms. The van der Waals surface area contributed by atoms with Gasteiger partial charge in [0.25, 0.3) is 0 Å². The molecule has 0 amide bonds. The van der Waals surface area contributed by atoms with Crippen LogP contribution in [0.4, 0.5) is 0 Å². The first-order chi connectivity index (χ1) is 12.3. The molecule has 2 aliphatic heterocycles. The molecule has 0 unspecified atom stereocenters. The molecule has 4 atom stereocenters. The maximum atomic E-state index is 10.7. The number of carbonyl (C=O) groups excluding carboxylic acids is 2. The Bertz CT molecular complexity index is 527. The van der Waals surface area contributed by atoms with E-state index in [1.807, 2.05) is 0 Å². The predicted molar refractivity (Wildman–Crippen MR) is 88.2 cm³/mol. The van der Waals surface area contributed by atoms with E-state index in [4.69, 9.17) is 19.7 Å². The number of aliphatic carboxylic acids is 2. The summed E-state index contributed by atoms with van der Waals surface area (Å²) in [7, 11) is 0. The SMILES string of the molecule is C=CC(=O)O[C@@H]1CN[C@@H](C(=O)O)C1.C=CC(=O)O[C@H]1CN[C@@H](C(=O)O)C1. The molecule has 2 rings (SSSR count). The van der Waals surface area contributed by atoms with Gasteiger partial charge in [-0.2, -0.15) is 0 Å². The molecule has 2 fully saturated rings. The molecule has 0 bridgehead atoms. The van der Waals surface area contributed by atoms with Crippen molar-refractivity contribution in [2.45, 2.75) is 37.1 Å². The van der Waals surface area contributed by atoms with Crippen molar-refractivity contribution in [3.8, 4) is 0 Å². The zero-order valence-electron chi connectivity index (χ0n) is 14.1. The molecule has 0 aromatic rings. The predicted octanol–water partition coefficient (Wildman–Crippen LogP) is -0.939. The lowest BCUT2D eigenvalue weighted by molar-refractivity contribution is -0.144. The molecule has 4 N–H and O–H groups in total. The quantitative estimate of drug-likeness (QED) is 0.340. The van der Waals surface area contributed by atoms with Crippen LogP contribution in [0.1, 0.15) is 12.8 Å². The van der Waals surface area contributed by atoms with Gasteiger partial charge in [0.15, 0.2) is 0 Å². The number of carbonyl (C=O) groups is 4. The van der Waals surface area contributed by atoms with E-state index in [0.717, 1.165) is 12.2 Å². The van der Waals surface area contributed by atoms with Crippen LogP contribution in [0.5, 0.6) is 0 Å². The van der Waals surface area contributed by atoms with Crippen LogP contribution in [0.2, 0.25) is 0 Å². The molecular formula is C16H22N2O8. The summed E-state index contributed by atoms with van der Waals surface area (Å²) >= 11 is 0. The van der Waals surface area contributed by atoms with E-state index >= 15 is 0 Å². The van der Waals surface area contributed by atoms with E-state index in [-0.39, 0.29) is 12.2 Å². The lowest BCUT2D eigenvalue weighted by atomic mass is 10.2. The van der Waals surface area contributed by atoms with Crippen LogP contribution in [-0.4, -0.2) is 71.5 Å². The summed E-state index contributed by atoms with van der Waals surface area (Å²) in [4.78, 5) is 42.4. The van der Waals surface area contributed by atoms with Crippen molar-refractivity contribution >= 4 is 23.9 Å². The monoisotopic (exact) mass is 370 g/mol. The van der Waals surface area contributed by atoms with Gasteiger partial charge in [-0.25, -0.2) is 9.59 Å². The Balaban J connectivity index is 0.000000260. The van der Waals surface area contributed by atoms with Crippen molar-refractivity contribution in [1.82, 2.24) is 10.6 Å². The molecule has 0 aromatic heterocycles. The van der Waals surface area contributed by atoms with Gasteiger partial charge in [0.05, 0.1) is 0 Å². The van der Waals surface area contributed by atoms with Gasteiger partial charge < -0.3 is 30.3 Å². The molecule has 2 aliphatic rings. The average molecular weight is 370 g/mol. The zero-order chi connectivity index (χ0) is 19.7. The van der Waals surface area contributed by atoms with Crippen LogP contribution in [0.25, 0.3) is 0 Å². The number of hydrogen-bond donors (Lipinski definition) is 4. The third-order valence-corrected chi connectivity index (χ3v) is 3.68. The molecular weight excluding hydrogens is 348 g/mol. The van der Waals surface area contributed by atoms with Gasteiger partial charge in [-0.05, 0) is 0 Å². The topological polar surface area (TPSA) is 151 Å². The van der Waals surface area contributed by atoms with Crippen molar-refractivity contribution < 1.29 is 38.9 Å². The Morgan fingerprint density at radius 3 is 1.38 bits per heavy atom. The zero-order valence-corrected chi connectivity index (χ0v) is 14.1. The Labute approximate surface area is 149 Å². The van der Waals surface area contributed by atoms with E-state index in [1.165, 1.54) is 0 Å². The summed E-state index contributed by atoms with van der Waals surface area (Å²) in [6.45, 7) is 7.26. The summed E-state index contributed by atoms with van der Waals surface area (Å²) in [5, 5.41) is 22.6. The van der Waals surface area contributed by atoms with Crippen LogP contribution in [0, 0.1) is 0 Å². The second kappa shape index (κ2) is 10.3. The van der Waals surface area contributed by atoms with Gasteiger partial charge in [-0.3, -0.25) is 9.59 Å². The smallest absolute Gasteiger partial charge is 0.330 e.